The van der Waals surface area contributed by atoms with Crippen LogP contribution in [-0.2, 0) is 9.53 Å². The van der Waals surface area contributed by atoms with E-state index in [1.54, 1.807) is 25.9 Å². The van der Waals surface area contributed by atoms with Crippen molar-refractivity contribution in [3.8, 4) is 6.07 Å². The van der Waals surface area contributed by atoms with E-state index >= 15 is 8.78 Å². The molecule has 0 bridgehead atoms. The van der Waals surface area contributed by atoms with E-state index in [0.29, 0.717) is 13.0 Å². The van der Waals surface area contributed by atoms with Crippen molar-refractivity contribution in [1.29, 1.82) is 5.26 Å². The van der Waals surface area contributed by atoms with Gasteiger partial charge in [0, 0.05) is 34.8 Å². The summed E-state index contributed by atoms with van der Waals surface area (Å²) in [5.74, 6) is -2.69. The molecule has 2 N–H and O–H groups in total. The van der Waals surface area contributed by atoms with Crippen LogP contribution in [0, 0.1) is 28.8 Å². The summed E-state index contributed by atoms with van der Waals surface area (Å²) in [4.78, 5) is 14.6. The lowest BCUT2D eigenvalue weighted by atomic mass is 9.95. The molecule has 1 heterocycles. The zero-order valence-corrected chi connectivity index (χ0v) is 23.0. The maximum Gasteiger partial charge on any atom is 0.262 e. The van der Waals surface area contributed by atoms with Crippen LogP contribution in [0.15, 0.2) is 40.1 Å². The fourth-order valence-electron chi connectivity index (χ4n) is 3.87. The number of ether oxygens (including phenoxy) is 1. The Morgan fingerprint density at radius 1 is 1.21 bits per heavy atom. The Kier molecular flexibility index (Phi) is 10.7. The van der Waals surface area contributed by atoms with Crippen LogP contribution in [0.1, 0.15) is 31.7 Å². The van der Waals surface area contributed by atoms with Crippen molar-refractivity contribution >= 4 is 35.3 Å². The van der Waals surface area contributed by atoms with Crippen LogP contribution < -0.4 is 10.0 Å². The Morgan fingerprint density at radius 2 is 1.97 bits per heavy atom. The van der Waals surface area contributed by atoms with E-state index in [1.807, 2.05) is 6.07 Å². The van der Waals surface area contributed by atoms with Gasteiger partial charge in [-0.25, -0.2) is 17.6 Å². The molecule has 0 radical (unpaired) electrons. The first-order chi connectivity index (χ1) is 18.0. The highest BCUT2D eigenvalue weighted by Crippen LogP contribution is 2.31. The first kappa shape index (κ1) is 30.1. The topological polar surface area (TPSA) is 77.4 Å². The van der Waals surface area contributed by atoms with E-state index in [4.69, 9.17) is 4.74 Å². The second-order valence-corrected chi connectivity index (χ2v) is 11.4. The van der Waals surface area contributed by atoms with E-state index in [1.165, 1.54) is 12.1 Å². The normalized spacial score (nSPS) is 19.0. The molecular weight excluding hydrogens is 540 g/mol. The predicted octanol–water partition coefficient (Wildman–Crippen LogP) is 5.53. The average molecular weight is 571 g/mol. The van der Waals surface area contributed by atoms with Crippen molar-refractivity contribution in [1.82, 2.24) is 9.62 Å². The summed E-state index contributed by atoms with van der Waals surface area (Å²) in [6, 6.07) is 6.54. The molecule has 2 aromatic carbocycles. The van der Waals surface area contributed by atoms with Crippen molar-refractivity contribution in [2.24, 2.45) is 0 Å². The highest BCUT2D eigenvalue weighted by Gasteiger charge is 2.36. The summed E-state index contributed by atoms with van der Waals surface area (Å²) < 4.78 is 66.0. The number of benzene rings is 2. The van der Waals surface area contributed by atoms with Gasteiger partial charge in [-0.15, -0.1) is 11.8 Å². The van der Waals surface area contributed by atoms with Gasteiger partial charge in [-0.3, -0.25) is 9.52 Å². The number of nitriles is 1. The molecule has 3 rings (SSSR count). The number of anilines is 1. The molecule has 1 saturated heterocycles. The van der Waals surface area contributed by atoms with Gasteiger partial charge in [-0.1, -0.05) is 0 Å². The Morgan fingerprint density at radius 3 is 2.61 bits per heavy atom. The van der Waals surface area contributed by atoms with E-state index in [9.17, 15) is 18.8 Å². The highest BCUT2D eigenvalue weighted by molar-refractivity contribution is 7.99. The maximum absolute atomic E-state index is 15.2. The van der Waals surface area contributed by atoms with Gasteiger partial charge in [-0.2, -0.15) is 5.26 Å². The molecule has 1 amide bonds. The zero-order valence-electron chi connectivity index (χ0n) is 21.3. The smallest absolute Gasteiger partial charge is 0.262 e. The van der Waals surface area contributed by atoms with Crippen LogP contribution in [0.2, 0.25) is 0 Å². The second kappa shape index (κ2) is 13.6. The third-order valence-corrected chi connectivity index (χ3v) is 7.94. The summed E-state index contributed by atoms with van der Waals surface area (Å²) >= 11 is 1.82. The number of nitrogens with zero attached hydrogens (tertiary/aromatic N) is 2. The molecule has 3 unspecified atom stereocenters. The Hall–Kier alpha value is -2.46. The van der Waals surface area contributed by atoms with Crippen LogP contribution in [0.3, 0.4) is 0 Å². The lowest BCUT2D eigenvalue weighted by Gasteiger charge is -2.32. The third kappa shape index (κ3) is 8.02. The molecule has 0 spiro atoms. The van der Waals surface area contributed by atoms with Crippen molar-refractivity contribution in [3.05, 3.63) is 53.3 Å². The van der Waals surface area contributed by atoms with Crippen molar-refractivity contribution in [2.75, 3.05) is 38.3 Å². The highest BCUT2D eigenvalue weighted by atomic mass is 32.2. The van der Waals surface area contributed by atoms with Crippen LogP contribution in [0.5, 0.6) is 0 Å². The van der Waals surface area contributed by atoms with Crippen LogP contribution >= 0.6 is 23.7 Å². The molecule has 206 valence electrons. The zero-order chi connectivity index (χ0) is 27.9. The monoisotopic (exact) mass is 570 g/mol. The van der Waals surface area contributed by atoms with Gasteiger partial charge in [0.25, 0.3) is 5.91 Å². The SMILES string of the molecule is CN(C)CC(F)C(CSc1ccc(F)cc1F)Nc1c(F)cc(SNC(=O)C2(C)CCCCO2)cc1C#N. The van der Waals surface area contributed by atoms with Gasteiger partial charge < -0.3 is 15.0 Å². The predicted molar refractivity (Wildman–Crippen MR) is 141 cm³/mol. The second-order valence-electron chi connectivity index (χ2n) is 9.42. The fraction of sp³-hybridized carbons (Fsp3) is 0.462. The molecule has 6 nitrogen and oxygen atoms in total. The lowest BCUT2D eigenvalue weighted by Crippen LogP contribution is -2.46. The molecule has 3 atom stereocenters. The van der Waals surface area contributed by atoms with Gasteiger partial charge in [0.15, 0.2) is 0 Å². The Bertz CT molecular complexity index is 1170. The number of rotatable bonds is 11. The molecule has 1 fully saturated rings. The van der Waals surface area contributed by atoms with Gasteiger partial charge in [-0.05, 0) is 76.5 Å². The number of carbonyl (C=O) groups is 1. The Labute approximate surface area is 228 Å². The maximum atomic E-state index is 15.2. The number of halogens is 4. The molecule has 0 saturated carbocycles. The number of thioether (sulfide) groups is 1. The minimum Gasteiger partial charge on any atom is -0.375 e. The summed E-state index contributed by atoms with van der Waals surface area (Å²) in [6.45, 7) is 2.18. The molecule has 0 aliphatic carbocycles. The standard InChI is InChI=1S/C26H30F4N4O2S2/c1-26(8-4-5-9-36-26)25(35)33-38-18-10-16(13-31)24(20(29)12-18)32-22(21(30)14-34(2)3)15-37-23-7-6-17(27)11-19(23)28/h6-7,10-12,21-22,32H,4-5,8-9,14-15H2,1-3H3,(H,33,35). The van der Waals surface area contributed by atoms with Gasteiger partial charge in [0.1, 0.15) is 35.3 Å². The number of hydrogen-bond acceptors (Lipinski definition) is 7. The summed E-state index contributed by atoms with van der Waals surface area (Å²) in [5, 5.41) is 12.5. The van der Waals surface area contributed by atoms with Gasteiger partial charge in [0.05, 0.1) is 17.3 Å². The van der Waals surface area contributed by atoms with Crippen molar-refractivity contribution in [3.63, 3.8) is 0 Å². The number of nitrogens with one attached hydrogen (secondary N) is 2. The van der Waals surface area contributed by atoms with Gasteiger partial charge >= 0.3 is 0 Å². The minimum absolute atomic E-state index is 0.00552. The fourth-order valence-corrected chi connectivity index (χ4v) is 5.65. The number of hydrogen-bond donors (Lipinski definition) is 2. The van der Waals surface area contributed by atoms with E-state index in [2.05, 4.69) is 10.0 Å². The average Bonchev–Trinajstić information content (AvgIpc) is 2.86. The molecule has 1 aliphatic rings. The van der Waals surface area contributed by atoms with Crippen molar-refractivity contribution < 1.29 is 27.1 Å². The van der Waals surface area contributed by atoms with Crippen molar-refractivity contribution in [2.45, 2.75) is 53.8 Å². The number of carbonyl (C=O) groups excluding carboxylic acids is 1. The van der Waals surface area contributed by atoms with E-state index in [0.717, 1.165) is 54.8 Å². The lowest BCUT2D eigenvalue weighted by molar-refractivity contribution is -0.148. The minimum atomic E-state index is -1.50. The first-order valence-corrected chi connectivity index (χ1v) is 13.8. The van der Waals surface area contributed by atoms with E-state index < -0.39 is 35.3 Å². The molecule has 0 aromatic heterocycles. The quantitative estimate of drug-likeness (QED) is 0.209. The van der Waals surface area contributed by atoms with Crippen LogP contribution in [0.25, 0.3) is 0 Å². The van der Waals surface area contributed by atoms with Gasteiger partial charge in [0.2, 0.25) is 0 Å². The molecule has 12 heteroatoms. The van der Waals surface area contributed by atoms with Crippen LogP contribution in [0.4, 0.5) is 23.2 Å². The first-order valence-electron chi connectivity index (χ1n) is 12.0. The summed E-state index contributed by atoms with van der Waals surface area (Å²) in [5.41, 5.74) is -1.25. The molecular formula is C26H30F4N4O2S2. The Balaban J connectivity index is 1.76. The summed E-state index contributed by atoms with van der Waals surface area (Å²) in [7, 11) is 3.35. The van der Waals surface area contributed by atoms with E-state index in [-0.39, 0.29) is 39.2 Å². The third-order valence-electron chi connectivity index (χ3n) is 6.01. The summed E-state index contributed by atoms with van der Waals surface area (Å²) in [6.07, 6.45) is 0.808. The van der Waals surface area contributed by atoms with Crippen LogP contribution in [-0.4, -0.2) is 61.6 Å². The molecule has 38 heavy (non-hydrogen) atoms. The molecule has 1 aliphatic heterocycles. The number of amides is 1. The number of alkyl halides is 1. The largest absolute Gasteiger partial charge is 0.375 e. The molecule has 2 aromatic rings.